The van der Waals surface area contributed by atoms with Gasteiger partial charge in [0.05, 0.1) is 12.3 Å². The standard InChI is InChI=1S/C13H16N2O5/c1-2-20-12(17)11(16)8-10(14-15-13(18)19)9-6-4-3-5-7-9/h3-7,11,15-16H,2,8H2,1H3,(H,18,19)/b14-10+/t11-/m1/s1. The van der Waals surface area contributed by atoms with Gasteiger partial charge < -0.3 is 14.9 Å². The summed E-state index contributed by atoms with van der Waals surface area (Å²) >= 11 is 0. The quantitative estimate of drug-likeness (QED) is 0.409. The van der Waals surface area contributed by atoms with Gasteiger partial charge in [-0.25, -0.2) is 15.0 Å². The molecule has 0 saturated carbocycles. The zero-order valence-corrected chi connectivity index (χ0v) is 10.9. The molecule has 1 aromatic rings. The fraction of sp³-hybridized carbons (Fsp3) is 0.308. The second-order valence-electron chi connectivity index (χ2n) is 3.81. The number of esters is 1. The molecule has 1 rings (SSSR count). The Labute approximate surface area is 115 Å². The number of carboxylic acid groups (broad SMARTS) is 1. The van der Waals surface area contributed by atoms with Crippen molar-refractivity contribution in [3.63, 3.8) is 0 Å². The summed E-state index contributed by atoms with van der Waals surface area (Å²) in [7, 11) is 0. The van der Waals surface area contributed by atoms with Crippen molar-refractivity contribution in [3.8, 4) is 0 Å². The van der Waals surface area contributed by atoms with Gasteiger partial charge in [-0.2, -0.15) is 5.10 Å². The predicted octanol–water partition coefficient (Wildman–Crippen LogP) is 0.972. The Balaban J connectivity index is 2.86. The molecule has 0 aromatic heterocycles. The molecule has 20 heavy (non-hydrogen) atoms. The van der Waals surface area contributed by atoms with E-state index in [1.807, 2.05) is 5.43 Å². The fourth-order valence-electron chi connectivity index (χ4n) is 1.48. The maximum atomic E-state index is 11.4. The average Bonchev–Trinajstić information content (AvgIpc) is 2.44. The van der Waals surface area contributed by atoms with Gasteiger partial charge in [-0.1, -0.05) is 30.3 Å². The number of carbonyl (C=O) groups excluding carboxylic acids is 1. The Morgan fingerprint density at radius 3 is 2.55 bits per heavy atom. The molecule has 0 saturated heterocycles. The van der Waals surface area contributed by atoms with E-state index in [4.69, 9.17) is 5.11 Å². The maximum absolute atomic E-state index is 11.4. The number of ether oxygens (including phenoxy) is 1. The second kappa shape index (κ2) is 7.90. The van der Waals surface area contributed by atoms with Gasteiger partial charge in [0.1, 0.15) is 0 Å². The number of nitrogens with one attached hydrogen (secondary N) is 1. The van der Waals surface area contributed by atoms with Crippen LogP contribution >= 0.6 is 0 Å². The molecule has 7 nitrogen and oxygen atoms in total. The van der Waals surface area contributed by atoms with E-state index in [1.54, 1.807) is 37.3 Å². The van der Waals surface area contributed by atoms with Crippen LogP contribution in [0.4, 0.5) is 4.79 Å². The molecule has 0 fully saturated rings. The van der Waals surface area contributed by atoms with E-state index in [0.29, 0.717) is 5.56 Å². The minimum absolute atomic E-state index is 0.150. The van der Waals surface area contributed by atoms with Crippen LogP contribution in [-0.2, 0) is 9.53 Å². The van der Waals surface area contributed by atoms with Crippen molar-refractivity contribution in [2.45, 2.75) is 19.4 Å². The molecule has 0 aliphatic carbocycles. The largest absolute Gasteiger partial charge is 0.464 e. The van der Waals surface area contributed by atoms with Gasteiger partial charge in [-0.3, -0.25) is 0 Å². The second-order valence-corrected chi connectivity index (χ2v) is 3.81. The van der Waals surface area contributed by atoms with E-state index < -0.39 is 18.2 Å². The van der Waals surface area contributed by atoms with Crippen LogP contribution in [0.25, 0.3) is 0 Å². The van der Waals surface area contributed by atoms with E-state index in [-0.39, 0.29) is 18.7 Å². The van der Waals surface area contributed by atoms with Crippen molar-refractivity contribution >= 4 is 17.8 Å². The molecular weight excluding hydrogens is 264 g/mol. The molecule has 0 bridgehead atoms. The van der Waals surface area contributed by atoms with Gasteiger partial charge in [0.15, 0.2) is 6.10 Å². The van der Waals surface area contributed by atoms with Gasteiger partial charge in [0, 0.05) is 6.42 Å². The summed E-state index contributed by atoms with van der Waals surface area (Å²) in [6.45, 7) is 1.78. The third kappa shape index (κ3) is 5.07. The Morgan fingerprint density at radius 2 is 2.00 bits per heavy atom. The number of hydrogen-bond donors (Lipinski definition) is 3. The van der Waals surface area contributed by atoms with Crippen molar-refractivity contribution in [2.24, 2.45) is 5.10 Å². The molecule has 0 heterocycles. The molecular formula is C13H16N2O5. The number of hydrogen-bond acceptors (Lipinski definition) is 5. The highest BCUT2D eigenvalue weighted by atomic mass is 16.5. The Bertz CT molecular complexity index is 487. The third-order valence-electron chi connectivity index (χ3n) is 2.34. The topological polar surface area (TPSA) is 108 Å². The molecule has 3 N–H and O–H groups in total. The monoisotopic (exact) mass is 280 g/mol. The van der Waals surface area contributed by atoms with Crippen LogP contribution in [0.1, 0.15) is 18.9 Å². The van der Waals surface area contributed by atoms with Crippen molar-refractivity contribution in [1.29, 1.82) is 0 Å². The lowest BCUT2D eigenvalue weighted by Gasteiger charge is -2.11. The molecule has 1 amide bonds. The number of benzene rings is 1. The van der Waals surface area contributed by atoms with Crippen LogP contribution in [0.5, 0.6) is 0 Å². The molecule has 0 radical (unpaired) electrons. The Hall–Kier alpha value is -2.41. The molecule has 0 unspecified atom stereocenters. The van der Waals surface area contributed by atoms with E-state index >= 15 is 0 Å². The molecule has 1 aromatic carbocycles. The number of nitrogens with zero attached hydrogens (tertiary/aromatic N) is 1. The van der Waals surface area contributed by atoms with E-state index in [1.165, 1.54) is 0 Å². The zero-order valence-electron chi connectivity index (χ0n) is 10.9. The third-order valence-corrected chi connectivity index (χ3v) is 2.34. The highest BCUT2D eigenvalue weighted by Gasteiger charge is 2.20. The first-order valence-corrected chi connectivity index (χ1v) is 6.00. The van der Waals surface area contributed by atoms with Crippen LogP contribution in [0.3, 0.4) is 0 Å². The first kappa shape index (κ1) is 15.6. The molecule has 0 aliphatic heterocycles. The van der Waals surface area contributed by atoms with Crippen molar-refractivity contribution < 1.29 is 24.5 Å². The average molecular weight is 280 g/mol. The fourth-order valence-corrected chi connectivity index (χ4v) is 1.48. The summed E-state index contributed by atoms with van der Waals surface area (Å²) in [5.41, 5.74) is 2.71. The summed E-state index contributed by atoms with van der Waals surface area (Å²) in [4.78, 5) is 21.9. The van der Waals surface area contributed by atoms with Crippen LogP contribution in [0.15, 0.2) is 35.4 Å². The molecule has 108 valence electrons. The highest BCUT2D eigenvalue weighted by molar-refractivity contribution is 6.02. The molecule has 7 heteroatoms. The number of aliphatic hydroxyl groups is 1. The van der Waals surface area contributed by atoms with Gasteiger partial charge in [0.2, 0.25) is 0 Å². The minimum atomic E-state index is -1.40. The number of amides is 1. The normalized spacial score (nSPS) is 12.6. The van der Waals surface area contributed by atoms with Crippen molar-refractivity contribution in [2.75, 3.05) is 6.61 Å². The summed E-state index contributed by atoms with van der Waals surface area (Å²) < 4.78 is 4.69. The molecule has 1 atom stereocenters. The Kier molecular flexibility index (Phi) is 6.18. The van der Waals surface area contributed by atoms with Gasteiger partial charge in [0.25, 0.3) is 0 Å². The van der Waals surface area contributed by atoms with Crippen LogP contribution in [-0.4, -0.2) is 40.7 Å². The number of hydrazone groups is 1. The number of aliphatic hydroxyl groups excluding tert-OH is 1. The lowest BCUT2D eigenvalue weighted by atomic mass is 10.0. The maximum Gasteiger partial charge on any atom is 0.425 e. The summed E-state index contributed by atoms with van der Waals surface area (Å²) in [6, 6.07) is 8.65. The highest BCUT2D eigenvalue weighted by Crippen LogP contribution is 2.08. The molecule has 0 spiro atoms. The smallest absolute Gasteiger partial charge is 0.425 e. The van der Waals surface area contributed by atoms with Crippen LogP contribution in [0, 0.1) is 0 Å². The summed E-state index contributed by atoms with van der Waals surface area (Å²) in [5, 5.41) is 22.0. The summed E-state index contributed by atoms with van der Waals surface area (Å²) in [6.07, 6.45) is -2.88. The zero-order chi connectivity index (χ0) is 15.0. The number of rotatable bonds is 6. The van der Waals surface area contributed by atoms with Gasteiger partial charge in [-0.15, -0.1) is 0 Å². The minimum Gasteiger partial charge on any atom is -0.464 e. The predicted molar refractivity (Wildman–Crippen MR) is 71.4 cm³/mol. The number of carbonyl (C=O) groups is 2. The molecule has 0 aliphatic rings. The Morgan fingerprint density at radius 1 is 1.35 bits per heavy atom. The van der Waals surface area contributed by atoms with E-state index in [9.17, 15) is 14.7 Å². The van der Waals surface area contributed by atoms with Gasteiger partial charge in [-0.05, 0) is 12.5 Å². The first-order chi connectivity index (χ1) is 9.54. The summed E-state index contributed by atoms with van der Waals surface area (Å²) in [5.74, 6) is -0.772. The SMILES string of the molecule is CCOC(=O)[C@H](O)C/C(=N\NC(=O)O)c1ccccc1. The lowest BCUT2D eigenvalue weighted by molar-refractivity contribution is -0.152. The van der Waals surface area contributed by atoms with Crippen molar-refractivity contribution in [1.82, 2.24) is 5.43 Å². The van der Waals surface area contributed by atoms with Crippen LogP contribution in [0.2, 0.25) is 0 Å². The van der Waals surface area contributed by atoms with E-state index in [2.05, 4.69) is 9.84 Å². The van der Waals surface area contributed by atoms with Gasteiger partial charge >= 0.3 is 12.1 Å². The van der Waals surface area contributed by atoms with Crippen LogP contribution < -0.4 is 5.43 Å². The first-order valence-electron chi connectivity index (χ1n) is 6.00. The van der Waals surface area contributed by atoms with E-state index in [0.717, 1.165) is 0 Å². The lowest BCUT2D eigenvalue weighted by Crippen LogP contribution is -2.28. The van der Waals surface area contributed by atoms with Crippen molar-refractivity contribution in [3.05, 3.63) is 35.9 Å².